The number of nitro groups is 1. The molecule has 13 heteroatoms. The van der Waals surface area contributed by atoms with Gasteiger partial charge in [0.2, 0.25) is 5.91 Å². The summed E-state index contributed by atoms with van der Waals surface area (Å²) in [6.07, 6.45) is -3.47. The summed E-state index contributed by atoms with van der Waals surface area (Å²) < 4.78 is 63.9. The average molecular weight is 539 g/mol. The van der Waals surface area contributed by atoms with Gasteiger partial charge in [0.25, 0.3) is 15.7 Å². The third-order valence-corrected chi connectivity index (χ3v) is 7.09. The number of aromatic hydroxyl groups is 1. The molecule has 32 heavy (non-hydrogen) atoms. The number of hydrogen-bond acceptors (Lipinski definition) is 6. The van der Waals surface area contributed by atoms with Gasteiger partial charge in [-0.15, -0.1) is 0 Å². The molecule has 2 aromatic rings. The predicted molar refractivity (Wildman–Crippen MR) is 111 cm³/mol. The van der Waals surface area contributed by atoms with Crippen LogP contribution in [-0.4, -0.2) is 34.7 Å². The zero-order valence-electron chi connectivity index (χ0n) is 16.5. The molecule has 174 valence electrons. The molecule has 1 fully saturated rings. The Hall–Kier alpha value is -2.67. The maximum Gasteiger partial charge on any atom is 0.416 e. The molecule has 1 aliphatic heterocycles. The highest BCUT2D eigenvalue weighted by molar-refractivity contribution is 9.10. The van der Waals surface area contributed by atoms with Crippen molar-refractivity contribution in [3.05, 3.63) is 62.6 Å². The Morgan fingerprint density at radius 2 is 1.88 bits per heavy atom. The second-order valence-corrected chi connectivity index (χ2v) is 9.52. The Kier molecular flexibility index (Phi) is 7.88. The number of nitro benzene ring substituents is 1. The lowest BCUT2D eigenvalue weighted by Gasteiger charge is -2.32. The standard InChI is InChI=1S/C13H14F3NO3S.C6H4BrNO3/c1-9-4-2-7-12(18)17(9)21(19,20)11-6-3-5-10(8-11)13(14,15)16;7-5-3-4(8(10)11)1-2-6(5)9/h3,5-6,8-9H,2,4,7H2,1H3;1-3,9H. The lowest BCUT2D eigenvalue weighted by molar-refractivity contribution is -0.385. The molecule has 0 radical (unpaired) electrons. The quantitative estimate of drug-likeness (QED) is 0.440. The summed E-state index contributed by atoms with van der Waals surface area (Å²) in [4.78, 5) is 21.0. The van der Waals surface area contributed by atoms with Crippen molar-refractivity contribution >= 4 is 37.5 Å². The molecule has 0 bridgehead atoms. The van der Waals surface area contributed by atoms with Gasteiger partial charge in [-0.05, 0) is 60.0 Å². The number of nitrogens with zero attached hydrogens (tertiary/aromatic N) is 2. The van der Waals surface area contributed by atoms with Gasteiger partial charge in [0.1, 0.15) is 5.75 Å². The minimum atomic E-state index is -4.64. The summed E-state index contributed by atoms with van der Waals surface area (Å²) in [7, 11) is -4.26. The van der Waals surface area contributed by atoms with Crippen LogP contribution in [0.25, 0.3) is 0 Å². The van der Waals surface area contributed by atoms with Crippen molar-refractivity contribution < 1.29 is 36.4 Å². The summed E-state index contributed by atoms with van der Waals surface area (Å²) in [5, 5.41) is 19.1. The molecule has 0 aromatic heterocycles. The third-order valence-electron chi connectivity index (χ3n) is 4.52. The number of carbonyl (C=O) groups is 1. The fraction of sp³-hybridized carbons (Fsp3) is 0.316. The third kappa shape index (κ3) is 5.97. The highest BCUT2D eigenvalue weighted by Crippen LogP contribution is 2.32. The summed E-state index contributed by atoms with van der Waals surface area (Å²) in [6, 6.07) is 6.64. The van der Waals surface area contributed by atoms with E-state index >= 15 is 0 Å². The van der Waals surface area contributed by atoms with E-state index in [2.05, 4.69) is 15.9 Å². The molecule has 1 heterocycles. The van der Waals surface area contributed by atoms with Gasteiger partial charge in [-0.25, -0.2) is 12.7 Å². The van der Waals surface area contributed by atoms with Crippen LogP contribution in [0.3, 0.4) is 0 Å². The Balaban J connectivity index is 0.000000278. The van der Waals surface area contributed by atoms with E-state index in [1.807, 2.05) is 0 Å². The number of rotatable bonds is 3. The van der Waals surface area contributed by atoms with Gasteiger partial charge < -0.3 is 5.11 Å². The number of carbonyl (C=O) groups excluding carboxylic acids is 1. The summed E-state index contributed by atoms with van der Waals surface area (Å²) in [5.74, 6) is -0.582. The lowest BCUT2D eigenvalue weighted by Crippen LogP contribution is -2.45. The number of amides is 1. The van der Waals surface area contributed by atoms with E-state index in [1.165, 1.54) is 18.2 Å². The lowest BCUT2D eigenvalue weighted by atomic mass is 10.1. The zero-order chi connectivity index (χ0) is 24.3. The van der Waals surface area contributed by atoms with Gasteiger partial charge >= 0.3 is 6.18 Å². The second kappa shape index (κ2) is 9.86. The molecule has 8 nitrogen and oxygen atoms in total. The number of phenols is 1. The van der Waals surface area contributed by atoms with Crippen LogP contribution in [0.1, 0.15) is 31.7 Å². The van der Waals surface area contributed by atoms with Crippen molar-refractivity contribution in [2.24, 2.45) is 0 Å². The topological polar surface area (TPSA) is 118 Å². The molecule has 1 unspecified atom stereocenters. The highest BCUT2D eigenvalue weighted by atomic mass is 79.9. The van der Waals surface area contributed by atoms with Crippen LogP contribution in [0.4, 0.5) is 18.9 Å². The number of sulfonamides is 1. The van der Waals surface area contributed by atoms with E-state index in [-0.39, 0.29) is 17.9 Å². The average Bonchev–Trinajstić information content (AvgIpc) is 2.69. The number of phenolic OH excluding ortho intramolecular Hbond substituents is 1. The van der Waals surface area contributed by atoms with Gasteiger partial charge in [0.05, 0.1) is 19.9 Å². The van der Waals surface area contributed by atoms with Crippen molar-refractivity contribution in [3.8, 4) is 5.75 Å². The number of halogens is 4. The SMILES string of the molecule is CC1CCCC(=O)N1S(=O)(=O)c1cccc(C(F)(F)F)c1.O=[N+]([O-])c1ccc(O)c(Br)c1. The van der Waals surface area contributed by atoms with Crippen molar-refractivity contribution in [1.29, 1.82) is 0 Å². The molecule has 1 aliphatic rings. The molecule has 2 aromatic carbocycles. The molecule has 0 spiro atoms. The fourth-order valence-electron chi connectivity index (χ4n) is 2.95. The summed E-state index contributed by atoms with van der Waals surface area (Å²) >= 11 is 2.96. The summed E-state index contributed by atoms with van der Waals surface area (Å²) in [6.45, 7) is 1.57. The Morgan fingerprint density at radius 1 is 1.22 bits per heavy atom. The van der Waals surface area contributed by atoms with Crippen molar-refractivity contribution in [1.82, 2.24) is 4.31 Å². The number of benzene rings is 2. The van der Waals surface area contributed by atoms with Gasteiger partial charge in [0, 0.05) is 24.6 Å². The fourth-order valence-corrected chi connectivity index (χ4v) is 5.01. The summed E-state index contributed by atoms with van der Waals surface area (Å²) in [5.41, 5.74) is -1.10. The van der Waals surface area contributed by atoms with Gasteiger partial charge in [0.15, 0.2) is 0 Å². The molecule has 0 saturated carbocycles. The molecule has 1 atom stereocenters. The van der Waals surface area contributed by atoms with Gasteiger partial charge in [-0.3, -0.25) is 14.9 Å². The molecule has 1 saturated heterocycles. The van der Waals surface area contributed by atoms with E-state index < -0.39 is 43.5 Å². The van der Waals surface area contributed by atoms with Crippen LogP contribution < -0.4 is 0 Å². The number of alkyl halides is 3. The maximum absolute atomic E-state index is 12.7. The largest absolute Gasteiger partial charge is 0.507 e. The normalized spacial score (nSPS) is 16.8. The minimum absolute atomic E-state index is 0.00407. The highest BCUT2D eigenvalue weighted by Gasteiger charge is 2.37. The molecule has 3 rings (SSSR count). The van der Waals surface area contributed by atoms with E-state index in [0.29, 0.717) is 27.7 Å². The first-order valence-electron chi connectivity index (χ1n) is 9.12. The van der Waals surface area contributed by atoms with Crippen LogP contribution in [0.2, 0.25) is 0 Å². The van der Waals surface area contributed by atoms with Gasteiger partial charge in [-0.1, -0.05) is 6.07 Å². The molecular formula is C19H18BrF3N2O6S. The first kappa shape index (κ1) is 25.6. The maximum atomic E-state index is 12.7. The van der Waals surface area contributed by atoms with Crippen LogP contribution in [0.5, 0.6) is 5.75 Å². The molecule has 1 N–H and O–H groups in total. The van der Waals surface area contributed by atoms with Crippen LogP contribution >= 0.6 is 15.9 Å². The Morgan fingerprint density at radius 3 is 2.41 bits per heavy atom. The molecule has 0 aliphatic carbocycles. The minimum Gasteiger partial charge on any atom is -0.507 e. The second-order valence-electron chi connectivity index (χ2n) is 6.85. The van der Waals surface area contributed by atoms with Crippen molar-refractivity contribution in [3.63, 3.8) is 0 Å². The van der Waals surface area contributed by atoms with Crippen molar-refractivity contribution in [2.75, 3.05) is 0 Å². The van der Waals surface area contributed by atoms with Crippen LogP contribution in [-0.2, 0) is 21.0 Å². The Bertz CT molecular complexity index is 1120. The first-order chi connectivity index (χ1) is 14.7. The zero-order valence-corrected chi connectivity index (χ0v) is 18.9. The smallest absolute Gasteiger partial charge is 0.416 e. The van der Waals surface area contributed by atoms with Crippen LogP contribution in [0, 0.1) is 10.1 Å². The predicted octanol–water partition coefficient (Wildman–Crippen LogP) is 4.86. The number of non-ortho nitro benzene ring substituents is 1. The van der Waals surface area contributed by atoms with E-state index in [9.17, 15) is 36.5 Å². The van der Waals surface area contributed by atoms with Gasteiger partial charge in [-0.2, -0.15) is 13.2 Å². The number of piperidine rings is 1. The molecule has 1 amide bonds. The first-order valence-corrected chi connectivity index (χ1v) is 11.4. The van der Waals surface area contributed by atoms with Crippen LogP contribution in [0.15, 0.2) is 51.8 Å². The van der Waals surface area contributed by atoms with E-state index in [0.717, 1.165) is 18.2 Å². The number of hydrogen-bond donors (Lipinski definition) is 1. The van der Waals surface area contributed by atoms with E-state index in [4.69, 9.17) is 5.11 Å². The molecular weight excluding hydrogens is 521 g/mol. The Labute approximate surface area is 190 Å². The van der Waals surface area contributed by atoms with E-state index in [1.54, 1.807) is 6.92 Å². The van der Waals surface area contributed by atoms with Crippen molar-refractivity contribution in [2.45, 2.75) is 43.3 Å². The monoisotopic (exact) mass is 538 g/mol.